The molecule has 0 saturated heterocycles. The third-order valence-electron chi connectivity index (χ3n) is 4.24. The highest BCUT2D eigenvalue weighted by Crippen LogP contribution is 2.39. The molecule has 22 heavy (non-hydrogen) atoms. The van der Waals surface area contributed by atoms with Crippen LogP contribution in [0, 0.1) is 5.92 Å². The predicted octanol–water partition coefficient (Wildman–Crippen LogP) is 2.82. The number of anilines is 1. The van der Waals surface area contributed by atoms with E-state index in [-0.39, 0.29) is 11.9 Å². The molecule has 0 aromatic carbocycles. The molecule has 118 valence electrons. The summed E-state index contributed by atoms with van der Waals surface area (Å²) in [5.74, 6) is 0.555. The lowest BCUT2D eigenvalue weighted by Crippen LogP contribution is -2.30. The third kappa shape index (κ3) is 2.67. The monoisotopic (exact) mass is 319 g/mol. The number of carbonyl (C=O) groups excluding carboxylic acids is 1. The summed E-state index contributed by atoms with van der Waals surface area (Å²) in [6, 6.07) is 0. The molecular formula is C16H21N3O2S. The maximum absolute atomic E-state index is 11.6. The van der Waals surface area contributed by atoms with Gasteiger partial charge in [-0.05, 0) is 31.2 Å². The summed E-state index contributed by atoms with van der Waals surface area (Å²) in [6.45, 7) is 2.47. The van der Waals surface area contributed by atoms with Crippen LogP contribution in [-0.4, -0.2) is 36.6 Å². The highest BCUT2D eigenvalue weighted by atomic mass is 32.1. The van der Waals surface area contributed by atoms with E-state index in [0.717, 1.165) is 23.5 Å². The van der Waals surface area contributed by atoms with Crippen molar-refractivity contribution in [3.63, 3.8) is 0 Å². The first kappa shape index (κ1) is 15.2. The Morgan fingerprint density at radius 2 is 2.18 bits per heavy atom. The second kappa shape index (κ2) is 6.20. The van der Waals surface area contributed by atoms with Crippen LogP contribution in [0.25, 0.3) is 10.2 Å². The molecule has 6 heteroatoms. The summed E-state index contributed by atoms with van der Waals surface area (Å²) in [4.78, 5) is 25.2. The minimum atomic E-state index is -0.190. The number of aromatic nitrogens is 2. The number of carbonyl (C=O) groups is 1. The third-order valence-corrected chi connectivity index (χ3v) is 5.44. The van der Waals surface area contributed by atoms with Gasteiger partial charge in [0.1, 0.15) is 17.0 Å². The number of hydrogen-bond acceptors (Lipinski definition) is 6. The minimum absolute atomic E-state index is 0.186. The fraction of sp³-hybridized carbons (Fsp3) is 0.562. The summed E-state index contributed by atoms with van der Waals surface area (Å²) in [5, 5.41) is 1.18. The summed E-state index contributed by atoms with van der Waals surface area (Å²) < 4.78 is 4.82. The summed E-state index contributed by atoms with van der Waals surface area (Å²) in [5.41, 5.74) is 1.42. The quantitative estimate of drug-likeness (QED) is 0.811. The van der Waals surface area contributed by atoms with E-state index >= 15 is 0 Å². The molecule has 0 radical (unpaired) electrons. The first-order valence-corrected chi connectivity index (χ1v) is 8.47. The molecule has 2 aromatic rings. The van der Waals surface area contributed by atoms with Gasteiger partial charge in [0.25, 0.3) is 0 Å². The summed E-state index contributed by atoms with van der Waals surface area (Å²) >= 11 is 1.79. The fourth-order valence-electron chi connectivity index (χ4n) is 3.14. The Balaban J connectivity index is 1.96. The van der Waals surface area contributed by atoms with Gasteiger partial charge in [0.05, 0.1) is 18.4 Å². The highest BCUT2D eigenvalue weighted by Gasteiger charge is 2.23. The van der Waals surface area contributed by atoms with E-state index in [4.69, 9.17) is 4.74 Å². The molecule has 3 rings (SSSR count). The van der Waals surface area contributed by atoms with E-state index in [1.54, 1.807) is 17.7 Å². The van der Waals surface area contributed by atoms with Gasteiger partial charge >= 0.3 is 5.97 Å². The average Bonchev–Trinajstić information content (AvgIpc) is 2.92. The molecule has 0 bridgehead atoms. The van der Waals surface area contributed by atoms with E-state index in [2.05, 4.69) is 9.97 Å². The Morgan fingerprint density at radius 1 is 1.41 bits per heavy atom. The molecule has 5 nitrogen and oxygen atoms in total. The van der Waals surface area contributed by atoms with E-state index < -0.39 is 0 Å². The van der Waals surface area contributed by atoms with Crippen molar-refractivity contribution in [2.24, 2.45) is 5.92 Å². The molecule has 1 aliphatic carbocycles. The molecule has 0 amide bonds. The molecule has 0 N–H and O–H groups in total. The molecule has 0 spiro atoms. The molecule has 0 aliphatic heterocycles. The second-order valence-corrected chi connectivity index (χ2v) is 6.98. The molecule has 1 atom stereocenters. The van der Waals surface area contributed by atoms with Crippen molar-refractivity contribution in [3.05, 3.63) is 16.8 Å². The number of thiophene rings is 1. The maximum atomic E-state index is 11.6. The van der Waals surface area contributed by atoms with Crippen molar-refractivity contribution in [2.45, 2.75) is 32.6 Å². The molecule has 1 unspecified atom stereocenters. The summed E-state index contributed by atoms with van der Waals surface area (Å²) in [7, 11) is 3.41. The molecule has 2 heterocycles. The highest BCUT2D eigenvalue weighted by molar-refractivity contribution is 7.19. The van der Waals surface area contributed by atoms with Crippen molar-refractivity contribution in [1.82, 2.24) is 9.97 Å². The second-order valence-electron chi connectivity index (χ2n) is 5.89. The van der Waals surface area contributed by atoms with Gasteiger partial charge < -0.3 is 9.64 Å². The van der Waals surface area contributed by atoms with Crippen LogP contribution < -0.4 is 4.90 Å². The van der Waals surface area contributed by atoms with Crippen LogP contribution >= 0.6 is 11.3 Å². The number of fused-ring (bicyclic) bond motifs is 3. The molecule has 0 saturated carbocycles. The molecule has 1 aliphatic rings. The molecule has 0 fully saturated rings. The van der Waals surface area contributed by atoms with E-state index in [0.29, 0.717) is 6.54 Å². The first-order valence-electron chi connectivity index (χ1n) is 7.66. The van der Waals surface area contributed by atoms with Crippen LogP contribution in [0.4, 0.5) is 5.82 Å². The Hall–Kier alpha value is -1.69. The SMILES string of the molecule is COC(=O)C(C)CN(C)c1ncnc2sc3c(c12)CCCC3. The van der Waals surface area contributed by atoms with Crippen LogP contribution in [0.15, 0.2) is 6.33 Å². The zero-order chi connectivity index (χ0) is 15.7. The van der Waals surface area contributed by atoms with Gasteiger partial charge in [0.2, 0.25) is 0 Å². The predicted molar refractivity (Wildman–Crippen MR) is 88.5 cm³/mol. The van der Waals surface area contributed by atoms with Crippen molar-refractivity contribution < 1.29 is 9.53 Å². The van der Waals surface area contributed by atoms with Crippen LogP contribution in [0.2, 0.25) is 0 Å². The number of rotatable bonds is 4. The van der Waals surface area contributed by atoms with E-state index in [9.17, 15) is 4.79 Å². The van der Waals surface area contributed by atoms with Crippen LogP contribution in [0.3, 0.4) is 0 Å². The number of ether oxygens (including phenoxy) is 1. The van der Waals surface area contributed by atoms with E-state index in [1.165, 1.54) is 35.8 Å². The topological polar surface area (TPSA) is 55.3 Å². The number of esters is 1. The van der Waals surface area contributed by atoms with E-state index in [1.807, 2.05) is 18.9 Å². The van der Waals surface area contributed by atoms with Gasteiger partial charge in [-0.1, -0.05) is 6.92 Å². The van der Waals surface area contributed by atoms with Gasteiger partial charge in [-0.2, -0.15) is 0 Å². The Kier molecular flexibility index (Phi) is 4.29. The Labute approximate surface area is 134 Å². The average molecular weight is 319 g/mol. The summed E-state index contributed by atoms with van der Waals surface area (Å²) in [6.07, 6.45) is 6.38. The lowest BCUT2D eigenvalue weighted by Gasteiger charge is -2.22. The molecule has 2 aromatic heterocycles. The zero-order valence-corrected chi connectivity index (χ0v) is 14.1. The first-order chi connectivity index (χ1) is 10.6. The maximum Gasteiger partial charge on any atom is 0.310 e. The van der Waals surface area contributed by atoms with Crippen LogP contribution in [-0.2, 0) is 22.4 Å². The normalized spacial score (nSPS) is 15.4. The Morgan fingerprint density at radius 3 is 2.95 bits per heavy atom. The standard InChI is InChI=1S/C16H21N3O2S/c1-10(16(20)21-3)8-19(2)14-13-11-6-4-5-7-12(11)22-15(13)18-9-17-14/h9-10H,4-8H2,1-3H3. The van der Waals surface area contributed by atoms with Gasteiger partial charge in [-0.15, -0.1) is 11.3 Å². The van der Waals surface area contributed by atoms with Crippen molar-refractivity contribution >= 4 is 33.3 Å². The molecular weight excluding hydrogens is 298 g/mol. The van der Waals surface area contributed by atoms with Gasteiger partial charge in [0.15, 0.2) is 0 Å². The number of aryl methyl sites for hydroxylation is 2. The van der Waals surface area contributed by atoms with Crippen molar-refractivity contribution in [3.8, 4) is 0 Å². The van der Waals surface area contributed by atoms with Gasteiger partial charge in [-0.25, -0.2) is 9.97 Å². The van der Waals surface area contributed by atoms with Crippen molar-refractivity contribution in [2.75, 3.05) is 25.6 Å². The lowest BCUT2D eigenvalue weighted by molar-refractivity contribution is -0.144. The number of hydrogen-bond donors (Lipinski definition) is 0. The Bertz CT molecular complexity index is 698. The van der Waals surface area contributed by atoms with Crippen LogP contribution in [0.1, 0.15) is 30.2 Å². The number of methoxy groups -OCH3 is 1. The number of nitrogens with zero attached hydrogens (tertiary/aromatic N) is 3. The van der Waals surface area contributed by atoms with Crippen molar-refractivity contribution in [1.29, 1.82) is 0 Å². The lowest BCUT2D eigenvalue weighted by atomic mass is 9.97. The van der Waals surface area contributed by atoms with Crippen LogP contribution in [0.5, 0.6) is 0 Å². The fourth-order valence-corrected chi connectivity index (χ4v) is 4.36. The minimum Gasteiger partial charge on any atom is -0.469 e. The van der Waals surface area contributed by atoms with Gasteiger partial charge in [0, 0.05) is 18.5 Å². The zero-order valence-electron chi connectivity index (χ0n) is 13.3. The van der Waals surface area contributed by atoms with Gasteiger partial charge in [-0.3, -0.25) is 4.79 Å². The largest absolute Gasteiger partial charge is 0.469 e. The smallest absolute Gasteiger partial charge is 0.310 e.